The number of nitrogens with zero attached hydrogens (tertiary/aromatic N) is 2. The fraction of sp³-hybridized carbons (Fsp3) is 0.231. The predicted octanol–water partition coefficient (Wildman–Crippen LogP) is 3.95. The normalized spacial score (nSPS) is 13.0. The largest absolute Gasteiger partial charge is 0.416 e. The minimum Gasteiger partial charge on any atom is -0.394 e. The van der Waals surface area contributed by atoms with Crippen LogP contribution in [-0.2, 0) is 6.18 Å². The van der Waals surface area contributed by atoms with Crippen molar-refractivity contribution in [2.24, 2.45) is 0 Å². The first-order valence-corrected chi connectivity index (χ1v) is 6.80. The summed E-state index contributed by atoms with van der Waals surface area (Å²) in [5, 5.41) is 12.0. The van der Waals surface area contributed by atoms with Crippen molar-refractivity contribution in [3.05, 3.63) is 51.9 Å². The lowest BCUT2D eigenvalue weighted by atomic mass is 10.0. The summed E-state index contributed by atoms with van der Waals surface area (Å²) in [6.45, 7) is -0.592. The smallest absolute Gasteiger partial charge is 0.394 e. The molecule has 9 heteroatoms. The van der Waals surface area contributed by atoms with Gasteiger partial charge in [-0.05, 0) is 23.2 Å². The van der Waals surface area contributed by atoms with Gasteiger partial charge in [0.05, 0.1) is 24.4 Å². The van der Waals surface area contributed by atoms with Crippen LogP contribution in [0.2, 0.25) is 10.3 Å². The van der Waals surface area contributed by atoms with Gasteiger partial charge in [-0.25, -0.2) is 4.98 Å². The second-order valence-corrected chi connectivity index (χ2v) is 5.05. The highest BCUT2D eigenvalue weighted by Gasteiger charge is 2.35. The Labute approximate surface area is 133 Å². The maximum Gasteiger partial charge on any atom is 0.416 e. The number of halogens is 5. The zero-order valence-corrected chi connectivity index (χ0v) is 12.4. The van der Waals surface area contributed by atoms with Crippen molar-refractivity contribution in [2.75, 3.05) is 11.9 Å². The molecular formula is C13H10Cl2F3N3O. The summed E-state index contributed by atoms with van der Waals surface area (Å²) < 4.78 is 39.1. The number of benzene rings is 1. The topological polar surface area (TPSA) is 58.0 Å². The molecule has 0 aliphatic rings. The number of aliphatic hydroxyl groups is 1. The molecule has 0 saturated heterocycles. The third-order valence-corrected chi connectivity index (χ3v) is 3.31. The van der Waals surface area contributed by atoms with Crippen LogP contribution in [0.25, 0.3) is 0 Å². The van der Waals surface area contributed by atoms with Crippen molar-refractivity contribution >= 4 is 29.0 Å². The number of anilines is 1. The van der Waals surface area contributed by atoms with Gasteiger partial charge in [0, 0.05) is 0 Å². The highest BCUT2D eigenvalue weighted by molar-refractivity contribution is 6.33. The minimum absolute atomic E-state index is 0.0395. The molecule has 2 aromatic rings. The Balaban J connectivity index is 2.39. The third-order valence-electron chi connectivity index (χ3n) is 2.85. The van der Waals surface area contributed by atoms with Gasteiger partial charge in [-0.2, -0.15) is 18.2 Å². The SMILES string of the molecule is OCC(Nc1nc(Cl)ncc1Cl)c1ccccc1C(F)(F)F. The summed E-state index contributed by atoms with van der Waals surface area (Å²) in [6, 6.07) is 3.88. The van der Waals surface area contributed by atoms with E-state index < -0.39 is 24.4 Å². The first-order chi connectivity index (χ1) is 10.3. The number of hydrogen-bond acceptors (Lipinski definition) is 4. The van der Waals surface area contributed by atoms with E-state index in [1.807, 2.05) is 0 Å². The maximum absolute atomic E-state index is 13.0. The monoisotopic (exact) mass is 351 g/mol. The Morgan fingerprint density at radius 2 is 1.91 bits per heavy atom. The average molecular weight is 352 g/mol. The molecule has 1 aromatic carbocycles. The van der Waals surface area contributed by atoms with Crippen LogP contribution in [0.3, 0.4) is 0 Å². The molecule has 1 unspecified atom stereocenters. The fourth-order valence-electron chi connectivity index (χ4n) is 1.89. The molecule has 0 spiro atoms. The van der Waals surface area contributed by atoms with E-state index in [0.717, 1.165) is 6.07 Å². The summed E-state index contributed by atoms with van der Waals surface area (Å²) >= 11 is 11.5. The standard InChI is InChI=1S/C13H10Cl2F3N3O/c14-9-5-19-12(15)21-11(9)20-10(6-22)7-3-1-2-4-8(7)13(16,17)18/h1-5,10,22H,6H2,(H,19,20,21). The Bertz CT molecular complexity index is 667. The number of aromatic nitrogens is 2. The van der Waals surface area contributed by atoms with E-state index in [-0.39, 0.29) is 21.7 Å². The van der Waals surface area contributed by atoms with E-state index in [1.165, 1.54) is 24.4 Å². The molecule has 0 aliphatic carbocycles. The first-order valence-electron chi connectivity index (χ1n) is 6.04. The molecule has 0 saturated carbocycles. The Kier molecular flexibility index (Phi) is 5.10. The molecule has 2 N–H and O–H groups in total. The molecular weight excluding hydrogens is 342 g/mol. The zero-order chi connectivity index (χ0) is 16.3. The van der Waals surface area contributed by atoms with Gasteiger partial charge in [0.25, 0.3) is 0 Å². The lowest BCUT2D eigenvalue weighted by Gasteiger charge is -2.22. The van der Waals surface area contributed by atoms with Crippen LogP contribution in [0.5, 0.6) is 0 Å². The molecule has 0 fully saturated rings. The zero-order valence-electron chi connectivity index (χ0n) is 10.9. The summed E-state index contributed by atoms with van der Waals surface area (Å²) in [4.78, 5) is 7.44. The lowest BCUT2D eigenvalue weighted by molar-refractivity contribution is -0.138. The molecule has 1 heterocycles. The van der Waals surface area contributed by atoms with E-state index in [9.17, 15) is 18.3 Å². The first kappa shape index (κ1) is 16.8. The average Bonchev–Trinajstić information content (AvgIpc) is 2.47. The highest BCUT2D eigenvalue weighted by atomic mass is 35.5. The number of aliphatic hydroxyl groups excluding tert-OH is 1. The van der Waals surface area contributed by atoms with Crippen molar-refractivity contribution in [2.45, 2.75) is 12.2 Å². The van der Waals surface area contributed by atoms with Gasteiger partial charge in [0.1, 0.15) is 10.8 Å². The van der Waals surface area contributed by atoms with Gasteiger partial charge >= 0.3 is 6.18 Å². The Morgan fingerprint density at radius 1 is 1.23 bits per heavy atom. The molecule has 0 radical (unpaired) electrons. The number of nitrogens with one attached hydrogen (secondary N) is 1. The Hall–Kier alpha value is -1.57. The van der Waals surface area contributed by atoms with Gasteiger partial charge in [0.15, 0.2) is 0 Å². The van der Waals surface area contributed by atoms with Crippen molar-refractivity contribution in [1.82, 2.24) is 9.97 Å². The quantitative estimate of drug-likeness (QED) is 0.819. The molecule has 118 valence electrons. The van der Waals surface area contributed by atoms with Crippen LogP contribution in [0.4, 0.5) is 19.0 Å². The highest BCUT2D eigenvalue weighted by Crippen LogP contribution is 2.35. The van der Waals surface area contributed by atoms with Gasteiger partial charge in [-0.1, -0.05) is 29.8 Å². The van der Waals surface area contributed by atoms with Crippen LogP contribution in [0.1, 0.15) is 17.2 Å². The predicted molar refractivity (Wildman–Crippen MR) is 76.9 cm³/mol. The van der Waals surface area contributed by atoms with Crippen LogP contribution in [0, 0.1) is 0 Å². The summed E-state index contributed by atoms with van der Waals surface area (Å²) in [6.07, 6.45) is -3.33. The number of rotatable bonds is 4. The minimum atomic E-state index is -4.54. The van der Waals surface area contributed by atoms with E-state index in [1.54, 1.807) is 0 Å². The van der Waals surface area contributed by atoms with Gasteiger partial charge in [-0.3, -0.25) is 0 Å². The number of hydrogen-bond donors (Lipinski definition) is 2. The molecule has 0 aliphatic heterocycles. The molecule has 1 atom stereocenters. The second-order valence-electron chi connectivity index (χ2n) is 4.30. The van der Waals surface area contributed by atoms with E-state index in [4.69, 9.17) is 23.2 Å². The van der Waals surface area contributed by atoms with Gasteiger partial charge in [-0.15, -0.1) is 0 Å². The summed E-state index contributed by atoms with van der Waals surface area (Å²) in [7, 11) is 0. The van der Waals surface area contributed by atoms with Crippen LogP contribution in [-0.4, -0.2) is 21.7 Å². The summed E-state index contributed by atoms with van der Waals surface area (Å²) in [5.74, 6) is 0.0395. The molecule has 0 bridgehead atoms. The van der Waals surface area contributed by atoms with Gasteiger partial charge < -0.3 is 10.4 Å². The van der Waals surface area contributed by atoms with Crippen LogP contribution in [0.15, 0.2) is 30.5 Å². The molecule has 1 aromatic heterocycles. The third kappa shape index (κ3) is 3.79. The molecule has 4 nitrogen and oxygen atoms in total. The lowest BCUT2D eigenvalue weighted by Crippen LogP contribution is -2.20. The molecule has 22 heavy (non-hydrogen) atoms. The molecule has 0 amide bonds. The van der Waals surface area contributed by atoms with Crippen molar-refractivity contribution < 1.29 is 18.3 Å². The fourth-order valence-corrected chi connectivity index (χ4v) is 2.17. The van der Waals surface area contributed by atoms with Crippen molar-refractivity contribution in [3.8, 4) is 0 Å². The number of alkyl halides is 3. The molecule has 2 rings (SSSR count). The second kappa shape index (κ2) is 6.68. The van der Waals surface area contributed by atoms with Crippen molar-refractivity contribution in [1.29, 1.82) is 0 Å². The van der Waals surface area contributed by atoms with Crippen LogP contribution < -0.4 is 5.32 Å². The van der Waals surface area contributed by atoms with Gasteiger partial charge in [0.2, 0.25) is 5.28 Å². The van der Waals surface area contributed by atoms with E-state index in [0.29, 0.717) is 0 Å². The maximum atomic E-state index is 13.0. The summed E-state index contributed by atoms with van der Waals surface area (Å²) in [5.41, 5.74) is -0.971. The van der Waals surface area contributed by atoms with Crippen LogP contribution >= 0.6 is 23.2 Å². The van der Waals surface area contributed by atoms with E-state index in [2.05, 4.69) is 15.3 Å². The van der Waals surface area contributed by atoms with Crippen molar-refractivity contribution in [3.63, 3.8) is 0 Å². The van der Waals surface area contributed by atoms with E-state index >= 15 is 0 Å². The Morgan fingerprint density at radius 3 is 2.55 bits per heavy atom.